The number of benzene rings is 1. The highest BCUT2D eigenvalue weighted by Gasteiger charge is 2.34. The van der Waals surface area contributed by atoms with E-state index in [0.29, 0.717) is 17.2 Å². The highest BCUT2D eigenvalue weighted by Crippen LogP contribution is 2.33. The molecule has 0 fully saturated rings. The van der Waals surface area contributed by atoms with Gasteiger partial charge in [-0.05, 0) is 30.7 Å². The number of amides is 1. The predicted octanol–water partition coefficient (Wildman–Crippen LogP) is 4.67. The van der Waals surface area contributed by atoms with Gasteiger partial charge in [-0.25, -0.2) is 13.4 Å². The molecule has 0 radical (unpaired) electrons. The number of alkyl halides is 3. The number of sulfone groups is 1. The van der Waals surface area contributed by atoms with Crippen molar-refractivity contribution in [2.24, 2.45) is 0 Å². The van der Waals surface area contributed by atoms with Crippen LogP contribution in [0.25, 0.3) is 0 Å². The number of aromatic nitrogens is 3. The van der Waals surface area contributed by atoms with Crippen molar-refractivity contribution in [1.29, 1.82) is 0 Å². The molecule has 0 aliphatic rings. The first-order valence-corrected chi connectivity index (χ1v) is 13.0. The Hall–Kier alpha value is -3.21. The third-order valence-electron chi connectivity index (χ3n) is 5.72. The Morgan fingerprint density at radius 2 is 1.75 bits per heavy atom. The summed E-state index contributed by atoms with van der Waals surface area (Å²) in [6.45, 7) is 8.74. The van der Waals surface area contributed by atoms with Gasteiger partial charge in [-0.2, -0.15) is 13.2 Å². The standard InChI is InChI=1S/C25H29F3N4O3S/c1-6-36(34,35)19-12-11-18(29-14-19)13-30-22(33)21-16(2)32(23(31-21)24(3,4)5)15-17-9-7-8-10-20(17)25(26,27)28/h7-12,14H,6,13,15H2,1-5H3,(H,30,33). The van der Waals surface area contributed by atoms with E-state index in [2.05, 4.69) is 15.3 Å². The van der Waals surface area contributed by atoms with E-state index < -0.39 is 32.9 Å². The Morgan fingerprint density at radius 3 is 2.31 bits per heavy atom. The van der Waals surface area contributed by atoms with Crippen molar-refractivity contribution in [2.75, 3.05) is 5.75 Å². The van der Waals surface area contributed by atoms with E-state index in [4.69, 9.17) is 0 Å². The number of hydrogen-bond acceptors (Lipinski definition) is 5. The van der Waals surface area contributed by atoms with E-state index in [0.717, 1.165) is 6.07 Å². The van der Waals surface area contributed by atoms with Gasteiger partial charge in [0.2, 0.25) is 0 Å². The summed E-state index contributed by atoms with van der Waals surface area (Å²) in [5.74, 6) is -0.0710. The van der Waals surface area contributed by atoms with Gasteiger partial charge in [-0.1, -0.05) is 45.9 Å². The third-order valence-corrected chi connectivity index (χ3v) is 7.44. The van der Waals surface area contributed by atoms with E-state index >= 15 is 0 Å². The fourth-order valence-corrected chi connectivity index (χ4v) is 4.56. The molecular weight excluding hydrogens is 493 g/mol. The lowest BCUT2D eigenvalue weighted by Crippen LogP contribution is -2.24. The Labute approximate surface area is 208 Å². The first kappa shape index (κ1) is 27.4. The summed E-state index contributed by atoms with van der Waals surface area (Å²) in [6, 6.07) is 8.30. The lowest BCUT2D eigenvalue weighted by molar-refractivity contribution is -0.138. The minimum absolute atomic E-state index is 0.0271. The van der Waals surface area contributed by atoms with Crippen LogP contribution >= 0.6 is 0 Å². The SMILES string of the molecule is CCS(=O)(=O)c1ccc(CNC(=O)c2nc(C(C)(C)C)n(Cc3ccccc3C(F)(F)F)c2C)nc1. The van der Waals surface area contributed by atoms with Gasteiger partial charge in [0.1, 0.15) is 11.5 Å². The monoisotopic (exact) mass is 522 g/mol. The molecule has 7 nitrogen and oxygen atoms in total. The number of halogens is 3. The highest BCUT2D eigenvalue weighted by molar-refractivity contribution is 7.91. The van der Waals surface area contributed by atoms with Crippen molar-refractivity contribution in [2.45, 2.75) is 64.2 Å². The zero-order valence-corrected chi connectivity index (χ0v) is 21.6. The molecule has 1 amide bonds. The first-order chi connectivity index (χ1) is 16.6. The quantitative estimate of drug-likeness (QED) is 0.487. The number of pyridine rings is 1. The summed E-state index contributed by atoms with van der Waals surface area (Å²) < 4.78 is 66.2. The maximum atomic E-state index is 13.6. The van der Waals surface area contributed by atoms with Gasteiger partial charge < -0.3 is 9.88 Å². The van der Waals surface area contributed by atoms with Crippen molar-refractivity contribution in [3.8, 4) is 0 Å². The summed E-state index contributed by atoms with van der Waals surface area (Å²) in [5, 5.41) is 2.71. The molecule has 36 heavy (non-hydrogen) atoms. The van der Waals surface area contributed by atoms with Crippen LogP contribution in [0.4, 0.5) is 13.2 Å². The maximum Gasteiger partial charge on any atom is 0.416 e. The van der Waals surface area contributed by atoms with Crippen LogP contribution in [0, 0.1) is 6.92 Å². The molecule has 0 atom stereocenters. The normalized spacial score (nSPS) is 12.6. The number of hydrogen-bond donors (Lipinski definition) is 1. The fraction of sp³-hybridized carbons (Fsp3) is 0.400. The Bertz CT molecular complexity index is 1360. The van der Waals surface area contributed by atoms with E-state index in [1.165, 1.54) is 30.5 Å². The average molecular weight is 523 g/mol. The van der Waals surface area contributed by atoms with Crippen molar-refractivity contribution in [1.82, 2.24) is 19.9 Å². The molecule has 0 unspecified atom stereocenters. The summed E-state index contributed by atoms with van der Waals surface area (Å²) in [4.78, 5) is 21.7. The van der Waals surface area contributed by atoms with Crippen LogP contribution in [0.1, 0.15) is 66.5 Å². The molecule has 0 bridgehead atoms. The van der Waals surface area contributed by atoms with Gasteiger partial charge in [0, 0.05) is 23.9 Å². The molecule has 2 aromatic heterocycles. The van der Waals surface area contributed by atoms with Crippen LogP contribution in [-0.4, -0.2) is 34.6 Å². The van der Waals surface area contributed by atoms with Crippen molar-refractivity contribution >= 4 is 15.7 Å². The smallest absolute Gasteiger partial charge is 0.345 e. The van der Waals surface area contributed by atoms with Gasteiger partial charge in [0.05, 0.1) is 28.5 Å². The minimum Gasteiger partial charge on any atom is -0.345 e. The van der Waals surface area contributed by atoms with Crippen LogP contribution in [0.2, 0.25) is 0 Å². The van der Waals surface area contributed by atoms with E-state index in [1.54, 1.807) is 24.5 Å². The molecule has 194 valence electrons. The lowest BCUT2D eigenvalue weighted by atomic mass is 9.95. The summed E-state index contributed by atoms with van der Waals surface area (Å²) in [7, 11) is -3.38. The molecule has 0 aliphatic carbocycles. The van der Waals surface area contributed by atoms with E-state index in [1.807, 2.05) is 20.8 Å². The van der Waals surface area contributed by atoms with Gasteiger partial charge in [0.15, 0.2) is 9.84 Å². The van der Waals surface area contributed by atoms with E-state index in [9.17, 15) is 26.4 Å². The Morgan fingerprint density at radius 1 is 1.08 bits per heavy atom. The van der Waals surface area contributed by atoms with Gasteiger partial charge in [-0.15, -0.1) is 0 Å². The summed E-state index contributed by atoms with van der Waals surface area (Å²) in [6.07, 6.45) is -3.26. The second-order valence-electron chi connectivity index (χ2n) is 9.43. The van der Waals surface area contributed by atoms with Crippen molar-refractivity contribution < 1.29 is 26.4 Å². The first-order valence-electron chi connectivity index (χ1n) is 11.3. The van der Waals surface area contributed by atoms with Crippen LogP contribution in [0.15, 0.2) is 47.5 Å². The average Bonchev–Trinajstić information content (AvgIpc) is 3.14. The molecule has 2 heterocycles. The Kier molecular flexibility index (Phi) is 7.64. The number of imidazole rings is 1. The zero-order valence-electron chi connectivity index (χ0n) is 20.8. The highest BCUT2D eigenvalue weighted by atomic mass is 32.2. The maximum absolute atomic E-state index is 13.6. The number of rotatable bonds is 7. The Balaban J connectivity index is 1.88. The molecule has 0 saturated heterocycles. The largest absolute Gasteiger partial charge is 0.416 e. The summed E-state index contributed by atoms with van der Waals surface area (Å²) >= 11 is 0. The molecule has 0 saturated carbocycles. The summed E-state index contributed by atoms with van der Waals surface area (Å²) in [5.41, 5.74) is -0.205. The zero-order chi connectivity index (χ0) is 26.9. The fourth-order valence-electron chi connectivity index (χ4n) is 3.74. The van der Waals surface area contributed by atoms with Crippen molar-refractivity contribution in [3.05, 3.63) is 76.6 Å². The second-order valence-corrected chi connectivity index (χ2v) is 11.7. The molecular formula is C25H29F3N4O3S. The number of carbonyl (C=O) groups excluding carboxylic acids is 1. The lowest BCUT2D eigenvalue weighted by Gasteiger charge is -2.22. The second kappa shape index (κ2) is 10.0. The van der Waals surface area contributed by atoms with Crippen molar-refractivity contribution in [3.63, 3.8) is 0 Å². The number of carbonyl (C=O) groups is 1. The van der Waals surface area contributed by atoms with Crippen LogP contribution in [0.3, 0.4) is 0 Å². The van der Waals surface area contributed by atoms with Crippen LogP contribution in [0.5, 0.6) is 0 Å². The third kappa shape index (κ3) is 5.95. The molecule has 1 N–H and O–H groups in total. The molecule has 3 rings (SSSR count). The number of nitrogens with zero attached hydrogens (tertiary/aromatic N) is 3. The van der Waals surface area contributed by atoms with Gasteiger partial charge in [-0.3, -0.25) is 9.78 Å². The molecule has 0 aliphatic heterocycles. The van der Waals surface area contributed by atoms with Gasteiger partial charge in [0.25, 0.3) is 5.91 Å². The topological polar surface area (TPSA) is 94.0 Å². The van der Waals surface area contributed by atoms with Gasteiger partial charge >= 0.3 is 6.18 Å². The van der Waals surface area contributed by atoms with Crippen LogP contribution < -0.4 is 5.32 Å². The molecule has 1 aromatic carbocycles. The molecule has 3 aromatic rings. The van der Waals surface area contributed by atoms with E-state index in [-0.39, 0.29) is 35.0 Å². The molecule has 0 spiro atoms. The van der Waals surface area contributed by atoms with Crippen LogP contribution in [-0.2, 0) is 34.5 Å². The predicted molar refractivity (Wildman–Crippen MR) is 129 cm³/mol. The minimum atomic E-state index is -4.51. The number of nitrogens with one attached hydrogen (secondary N) is 1. The molecule has 11 heteroatoms.